The van der Waals surface area contributed by atoms with Gasteiger partial charge in [0.15, 0.2) is 12.4 Å². The molecule has 8 heteroatoms. The maximum absolute atomic E-state index is 12.6. The molecule has 1 aliphatic heterocycles. The van der Waals surface area contributed by atoms with E-state index in [2.05, 4.69) is 0 Å². The number of sulfonamides is 1. The average molecular weight is 422 g/mol. The number of Topliss-reactive ketones (excluding diaryl/α,β-unsaturated/α-hetero) is 1. The predicted molar refractivity (Wildman–Crippen MR) is 107 cm³/mol. The molecule has 1 atom stereocenters. The average Bonchev–Trinajstić information content (AvgIpc) is 3.27. The standard InChI is InChI=1S/C20H23NO5S2/c1-2-15-7-9-16(10-8-15)18(22)14-26-20(23)17-5-3-11-21(13-17)28(24,25)19-6-4-12-27-19/h4,6-10,12,17H,2-3,5,11,13-14H2,1H3. The molecule has 0 bridgehead atoms. The summed E-state index contributed by atoms with van der Waals surface area (Å²) in [7, 11) is -3.59. The number of aryl methyl sites for hydroxylation is 1. The summed E-state index contributed by atoms with van der Waals surface area (Å²) in [5, 5.41) is 1.71. The summed E-state index contributed by atoms with van der Waals surface area (Å²) in [6.45, 7) is 2.16. The minimum absolute atomic E-state index is 0.0818. The number of hydrogen-bond donors (Lipinski definition) is 0. The van der Waals surface area contributed by atoms with Crippen LogP contribution in [0, 0.1) is 5.92 Å². The van der Waals surface area contributed by atoms with Gasteiger partial charge < -0.3 is 4.74 Å². The molecule has 1 fully saturated rings. The van der Waals surface area contributed by atoms with Crippen LogP contribution in [0.1, 0.15) is 35.7 Å². The minimum Gasteiger partial charge on any atom is -0.457 e. The second kappa shape index (κ2) is 8.98. The maximum Gasteiger partial charge on any atom is 0.310 e. The molecule has 0 N–H and O–H groups in total. The molecule has 0 spiro atoms. The third kappa shape index (κ3) is 4.68. The Kier molecular flexibility index (Phi) is 6.64. The summed E-state index contributed by atoms with van der Waals surface area (Å²) in [5.74, 6) is -1.35. The van der Waals surface area contributed by atoms with E-state index < -0.39 is 21.9 Å². The van der Waals surface area contributed by atoms with E-state index in [0.29, 0.717) is 24.9 Å². The fourth-order valence-electron chi connectivity index (χ4n) is 3.15. The molecule has 2 heterocycles. The second-order valence-corrected chi connectivity index (χ2v) is 9.83. The summed E-state index contributed by atoms with van der Waals surface area (Å²) < 4.78 is 32.1. The molecule has 3 rings (SSSR count). The highest BCUT2D eigenvalue weighted by molar-refractivity contribution is 7.91. The van der Waals surface area contributed by atoms with Gasteiger partial charge in [0.25, 0.3) is 10.0 Å². The number of carbonyl (C=O) groups excluding carboxylic acids is 2. The number of nitrogens with zero attached hydrogens (tertiary/aromatic N) is 1. The maximum atomic E-state index is 12.6. The van der Waals surface area contributed by atoms with Crippen molar-refractivity contribution < 1.29 is 22.7 Å². The van der Waals surface area contributed by atoms with Crippen LogP contribution in [0.25, 0.3) is 0 Å². The predicted octanol–water partition coefficient (Wildman–Crippen LogP) is 3.14. The van der Waals surface area contributed by atoms with E-state index in [1.54, 1.807) is 29.6 Å². The van der Waals surface area contributed by atoms with Crippen LogP contribution in [-0.4, -0.2) is 44.2 Å². The summed E-state index contributed by atoms with van der Waals surface area (Å²) in [6.07, 6.45) is 2.02. The van der Waals surface area contributed by atoms with Crippen LogP contribution in [0.4, 0.5) is 0 Å². The normalized spacial score (nSPS) is 18.0. The highest BCUT2D eigenvalue weighted by Crippen LogP contribution is 2.26. The molecule has 1 aliphatic rings. The number of benzene rings is 1. The first-order valence-corrected chi connectivity index (χ1v) is 11.6. The monoisotopic (exact) mass is 421 g/mol. The number of ketones is 1. The lowest BCUT2D eigenvalue weighted by atomic mass is 10.00. The highest BCUT2D eigenvalue weighted by Gasteiger charge is 2.34. The number of carbonyl (C=O) groups is 2. The zero-order valence-corrected chi connectivity index (χ0v) is 17.3. The van der Waals surface area contributed by atoms with Crippen LogP contribution in [0.2, 0.25) is 0 Å². The summed E-state index contributed by atoms with van der Waals surface area (Å²) in [6, 6.07) is 10.5. The van der Waals surface area contributed by atoms with Crippen molar-refractivity contribution in [1.29, 1.82) is 0 Å². The van der Waals surface area contributed by atoms with E-state index in [-0.39, 0.29) is 23.1 Å². The molecule has 1 aromatic carbocycles. The first-order valence-electron chi connectivity index (χ1n) is 9.24. The summed E-state index contributed by atoms with van der Waals surface area (Å²) >= 11 is 1.16. The quantitative estimate of drug-likeness (QED) is 0.507. The van der Waals surface area contributed by atoms with Crippen LogP contribution in [0.3, 0.4) is 0 Å². The van der Waals surface area contributed by atoms with E-state index in [4.69, 9.17) is 4.74 Å². The molecule has 6 nitrogen and oxygen atoms in total. The molecular weight excluding hydrogens is 398 g/mol. The van der Waals surface area contributed by atoms with Crippen molar-refractivity contribution in [3.8, 4) is 0 Å². The molecule has 0 amide bonds. The topological polar surface area (TPSA) is 80.8 Å². The van der Waals surface area contributed by atoms with Gasteiger partial charge >= 0.3 is 5.97 Å². The van der Waals surface area contributed by atoms with Gasteiger partial charge in [0, 0.05) is 18.7 Å². The van der Waals surface area contributed by atoms with Crippen LogP contribution >= 0.6 is 11.3 Å². The van der Waals surface area contributed by atoms with Crippen molar-refractivity contribution in [2.75, 3.05) is 19.7 Å². The lowest BCUT2D eigenvalue weighted by molar-refractivity contribution is -0.148. The lowest BCUT2D eigenvalue weighted by Gasteiger charge is -2.30. The van der Waals surface area contributed by atoms with Gasteiger partial charge in [0.05, 0.1) is 5.92 Å². The Morgan fingerprint density at radius 2 is 1.96 bits per heavy atom. The zero-order valence-electron chi connectivity index (χ0n) is 15.7. The van der Waals surface area contributed by atoms with Crippen molar-refractivity contribution in [3.05, 3.63) is 52.9 Å². The van der Waals surface area contributed by atoms with Crippen LogP contribution in [-0.2, 0) is 26.0 Å². The van der Waals surface area contributed by atoms with Gasteiger partial charge in [-0.2, -0.15) is 4.31 Å². The zero-order chi connectivity index (χ0) is 20.1. The first kappa shape index (κ1) is 20.7. The third-order valence-corrected chi connectivity index (χ3v) is 8.07. The van der Waals surface area contributed by atoms with Crippen molar-refractivity contribution >= 4 is 33.1 Å². The number of hydrogen-bond acceptors (Lipinski definition) is 6. The molecule has 0 saturated carbocycles. The van der Waals surface area contributed by atoms with Crippen LogP contribution < -0.4 is 0 Å². The SMILES string of the molecule is CCc1ccc(C(=O)COC(=O)C2CCCN(S(=O)(=O)c3cccs3)C2)cc1. The summed E-state index contributed by atoms with van der Waals surface area (Å²) in [4.78, 5) is 24.6. The summed E-state index contributed by atoms with van der Waals surface area (Å²) in [5.41, 5.74) is 1.62. The van der Waals surface area contributed by atoms with Gasteiger partial charge in [0.1, 0.15) is 4.21 Å². The van der Waals surface area contributed by atoms with E-state index in [1.165, 1.54) is 4.31 Å². The Morgan fingerprint density at radius 1 is 1.21 bits per heavy atom. The van der Waals surface area contributed by atoms with Gasteiger partial charge in [-0.25, -0.2) is 8.42 Å². The van der Waals surface area contributed by atoms with Gasteiger partial charge in [-0.3, -0.25) is 9.59 Å². The van der Waals surface area contributed by atoms with Crippen LogP contribution in [0.15, 0.2) is 46.0 Å². The molecule has 1 unspecified atom stereocenters. The molecule has 1 aromatic heterocycles. The van der Waals surface area contributed by atoms with E-state index >= 15 is 0 Å². The van der Waals surface area contributed by atoms with E-state index in [0.717, 1.165) is 23.3 Å². The Morgan fingerprint density at radius 3 is 2.61 bits per heavy atom. The van der Waals surface area contributed by atoms with Crippen molar-refractivity contribution in [3.63, 3.8) is 0 Å². The third-order valence-electron chi connectivity index (χ3n) is 4.84. The molecular formula is C20H23NO5S2. The largest absolute Gasteiger partial charge is 0.457 e. The highest BCUT2D eigenvalue weighted by atomic mass is 32.2. The fraction of sp³-hybridized carbons (Fsp3) is 0.400. The second-order valence-electron chi connectivity index (χ2n) is 6.72. The Labute approximate surface area is 169 Å². The van der Waals surface area contributed by atoms with E-state index in [9.17, 15) is 18.0 Å². The van der Waals surface area contributed by atoms with Gasteiger partial charge in [-0.05, 0) is 36.3 Å². The minimum atomic E-state index is -3.59. The lowest BCUT2D eigenvalue weighted by Crippen LogP contribution is -2.42. The molecule has 2 aromatic rings. The van der Waals surface area contributed by atoms with Crippen molar-refractivity contribution in [1.82, 2.24) is 4.31 Å². The molecule has 0 aliphatic carbocycles. The number of ether oxygens (including phenoxy) is 1. The smallest absolute Gasteiger partial charge is 0.310 e. The number of rotatable bonds is 7. The molecule has 150 valence electrons. The Balaban J connectivity index is 1.57. The molecule has 28 heavy (non-hydrogen) atoms. The molecule has 1 saturated heterocycles. The number of thiophene rings is 1. The van der Waals surface area contributed by atoms with Crippen LogP contribution in [0.5, 0.6) is 0 Å². The number of piperidine rings is 1. The van der Waals surface area contributed by atoms with E-state index in [1.807, 2.05) is 19.1 Å². The van der Waals surface area contributed by atoms with Gasteiger partial charge in [-0.1, -0.05) is 37.3 Å². The fourth-order valence-corrected chi connectivity index (χ4v) is 5.82. The van der Waals surface area contributed by atoms with Crippen molar-refractivity contribution in [2.24, 2.45) is 5.92 Å². The first-order chi connectivity index (χ1) is 13.4. The number of esters is 1. The molecule has 0 radical (unpaired) electrons. The Bertz CT molecular complexity index is 920. The van der Waals surface area contributed by atoms with Gasteiger partial charge in [-0.15, -0.1) is 11.3 Å². The van der Waals surface area contributed by atoms with Crippen molar-refractivity contribution in [2.45, 2.75) is 30.4 Å². The Hall–Kier alpha value is -2.03. The van der Waals surface area contributed by atoms with Gasteiger partial charge in [0.2, 0.25) is 0 Å².